The fourth-order valence-electron chi connectivity index (χ4n) is 0.489. The number of rotatable bonds is 5. The molecular formula is C7H17O3PZn. The second kappa shape index (κ2) is 7.20. The number of hydrogen-bond acceptors (Lipinski definition) is 2. The van der Waals surface area contributed by atoms with Gasteiger partial charge in [-0.2, -0.15) is 0 Å². The zero-order valence-electron chi connectivity index (χ0n) is 8.12. The van der Waals surface area contributed by atoms with Gasteiger partial charge >= 0.3 is 7.60 Å². The Kier molecular flexibility index (Phi) is 9.16. The smallest absolute Gasteiger partial charge is 0.324 e. The van der Waals surface area contributed by atoms with Crippen LogP contribution in [0.25, 0.3) is 0 Å². The van der Waals surface area contributed by atoms with Crippen LogP contribution in [0.15, 0.2) is 0 Å². The third-order valence-electron chi connectivity index (χ3n) is 1.43. The van der Waals surface area contributed by atoms with E-state index >= 15 is 0 Å². The standard InChI is InChI=1S/C7H17O3P.Zn/c1-4-5-6-10-11(8,9)7(2)3;/h7H,4-6H2,1-3H3,(H,8,9);. The Morgan fingerprint density at radius 1 is 1.50 bits per heavy atom. The first-order chi connectivity index (χ1) is 5.00. The van der Waals surface area contributed by atoms with E-state index in [1.54, 1.807) is 13.8 Å². The summed E-state index contributed by atoms with van der Waals surface area (Å²) in [5.41, 5.74) is -0.292. The maximum Gasteiger partial charge on any atom is 0.330 e. The Bertz CT molecular complexity index is 150. The van der Waals surface area contributed by atoms with Gasteiger partial charge in [0, 0.05) is 19.5 Å². The molecule has 0 spiro atoms. The van der Waals surface area contributed by atoms with Gasteiger partial charge < -0.3 is 9.42 Å². The van der Waals surface area contributed by atoms with Crippen molar-refractivity contribution in [3.05, 3.63) is 0 Å². The fourth-order valence-corrected chi connectivity index (χ4v) is 1.18. The summed E-state index contributed by atoms with van der Waals surface area (Å²) in [6.45, 7) is 5.78. The van der Waals surface area contributed by atoms with Crippen molar-refractivity contribution in [2.75, 3.05) is 6.61 Å². The summed E-state index contributed by atoms with van der Waals surface area (Å²) in [6, 6.07) is 0. The SMILES string of the molecule is CCCCOP(=O)(O)C(C)C.[Zn]. The summed E-state index contributed by atoms with van der Waals surface area (Å²) in [4.78, 5) is 9.15. The zero-order chi connectivity index (χ0) is 8.91. The van der Waals surface area contributed by atoms with Gasteiger partial charge in [-0.05, 0) is 6.42 Å². The minimum atomic E-state index is -3.29. The molecule has 0 aliphatic carbocycles. The molecule has 0 saturated carbocycles. The van der Waals surface area contributed by atoms with Crippen molar-refractivity contribution in [3.8, 4) is 0 Å². The summed E-state index contributed by atoms with van der Waals surface area (Å²) >= 11 is 0. The van der Waals surface area contributed by atoms with Crippen molar-refractivity contribution in [1.82, 2.24) is 0 Å². The molecule has 0 heterocycles. The Labute approximate surface area is 87.2 Å². The van der Waals surface area contributed by atoms with E-state index in [-0.39, 0.29) is 25.1 Å². The molecule has 5 heteroatoms. The van der Waals surface area contributed by atoms with Crippen LogP contribution in [0.1, 0.15) is 33.6 Å². The van der Waals surface area contributed by atoms with Gasteiger partial charge in [0.1, 0.15) is 0 Å². The van der Waals surface area contributed by atoms with Gasteiger partial charge in [0.05, 0.1) is 12.3 Å². The molecule has 1 N–H and O–H groups in total. The molecule has 12 heavy (non-hydrogen) atoms. The van der Waals surface area contributed by atoms with Crippen LogP contribution < -0.4 is 0 Å². The summed E-state index contributed by atoms with van der Waals surface area (Å²) in [7, 11) is -3.29. The Balaban J connectivity index is 0. The molecule has 0 aromatic rings. The molecule has 0 rings (SSSR count). The predicted octanol–water partition coefficient (Wildman–Crippen LogP) is 2.39. The van der Waals surface area contributed by atoms with Crippen molar-refractivity contribution in [1.29, 1.82) is 0 Å². The van der Waals surface area contributed by atoms with Crippen molar-refractivity contribution in [3.63, 3.8) is 0 Å². The van der Waals surface area contributed by atoms with Gasteiger partial charge in [0.25, 0.3) is 0 Å². The minimum Gasteiger partial charge on any atom is -0.324 e. The molecule has 0 saturated heterocycles. The Hall–Kier alpha value is 0.773. The Morgan fingerprint density at radius 2 is 2.00 bits per heavy atom. The molecule has 0 bridgehead atoms. The maximum atomic E-state index is 11.1. The van der Waals surface area contributed by atoms with E-state index in [0.717, 1.165) is 12.8 Å². The zero-order valence-corrected chi connectivity index (χ0v) is 12.0. The topological polar surface area (TPSA) is 46.5 Å². The quantitative estimate of drug-likeness (QED) is 0.460. The van der Waals surface area contributed by atoms with Gasteiger partial charge in [0.15, 0.2) is 0 Å². The van der Waals surface area contributed by atoms with E-state index in [1.807, 2.05) is 6.92 Å². The first-order valence-electron chi connectivity index (χ1n) is 3.97. The minimum absolute atomic E-state index is 0. The van der Waals surface area contributed by atoms with Crippen LogP contribution in [0.3, 0.4) is 0 Å². The molecule has 0 aliphatic rings. The van der Waals surface area contributed by atoms with Crippen LogP contribution >= 0.6 is 7.60 Å². The van der Waals surface area contributed by atoms with Gasteiger partial charge in [-0.25, -0.2) is 0 Å². The molecule has 0 aliphatic heterocycles. The van der Waals surface area contributed by atoms with Crippen LogP contribution in [-0.4, -0.2) is 17.2 Å². The van der Waals surface area contributed by atoms with Crippen molar-refractivity contribution >= 4 is 7.60 Å². The normalized spacial score (nSPS) is 15.4. The summed E-state index contributed by atoms with van der Waals surface area (Å²) in [6.07, 6.45) is 1.83. The van der Waals surface area contributed by atoms with E-state index in [9.17, 15) is 4.57 Å². The van der Waals surface area contributed by atoms with Crippen LogP contribution in [0, 0.1) is 0 Å². The molecule has 0 aromatic carbocycles. The molecule has 1 atom stereocenters. The molecule has 0 fully saturated rings. The fraction of sp³-hybridized carbons (Fsp3) is 1.00. The van der Waals surface area contributed by atoms with Gasteiger partial charge in [-0.15, -0.1) is 0 Å². The summed E-state index contributed by atoms with van der Waals surface area (Å²) in [5.74, 6) is 0. The van der Waals surface area contributed by atoms with E-state index in [2.05, 4.69) is 0 Å². The molecular weight excluding hydrogens is 228 g/mol. The van der Waals surface area contributed by atoms with Crippen molar-refractivity contribution < 1.29 is 33.5 Å². The van der Waals surface area contributed by atoms with E-state index < -0.39 is 7.60 Å². The average molecular weight is 246 g/mol. The Morgan fingerprint density at radius 3 is 2.33 bits per heavy atom. The largest absolute Gasteiger partial charge is 0.330 e. The summed E-state index contributed by atoms with van der Waals surface area (Å²) < 4.78 is 16.0. The second-order valence-electron chi connectivity index (χ2n) is 2.84. The van der Waals surface area contributed by atoms with Crippen molar-refractivity contribution in [2.24, 2.45) is 0 Å². The molecule has 3 nitrogen and oxygen atoms in total. The third kappa shape index (κ3) is 6.31. The maximum absolute atomic E-state index is 11.1. The molecule has 0 amide bonds. The number of unbranched alkanes of at least 4 members (excludes halogenated alkanes) is 1. The van der Waals surface area contributed by atoms with E-state index in [1.165, 1.54) is 0 Å². The van der Waals surface area contributed by atoms with Gasteiger partial charge in [-0.3, -0.25) is 4.57 Å². The number of hydrogen-bond donors (Lipinski definition) is 1. The first-order valence-corrected chi connectivity index (χ1v) is 5.62. The summed E-state index contributed by atoms with van der Waals surface area (Å²) in [5, 5.41) is 0. The second-order valence-corrected chi connectivity index (χ2v) is 5.26. The molecule has 1 unspecified atom stereocenters. The van der Waals surface area contributed by atoms with Crippen LogP contribution in [0.2, 0.25) is 0 Å². The van der Waals surface area contributed by atoms with Crippen LogP contribution in [0.5, 0.6) is 0 Å². The van der Waals surface area contributed by atoms with Crippen LogP contribution in [-0.2, 0) is 28.6 Å². The molecule has 0 aromatic heterocycles. The monoisotopic (exact) mass is 244 g/mol. The van der Waals surface area contributed by atoms with Crippen LogP contribution in [0.4, 0.5) is 0 Å². The van der Waals surface area contributed by atoms with E-state index in [0.29, 0.717) is 6.61 Å². The van der Waals surface area contributed by atoms with E-state index in [4.69, 9.17) is 9.42 Å². The third-order valence-corrected chi connectivity index (χ3v) is 3.28. The first kappa shape index (κ1) is 15.3. The average Bonchev–Trinajstić information content (AvgIpc) is 1.88. The molecule has 70 valence electrons. The predicted molar refractivity (Wildman–Crippen MR) is 45.8 cm³/mol. The van der Waals surface area contributed by atoms with Gasteiger partial charge in [0.2, 0.25) is 0 Å². The molecule has 0 radical (unpaired) electrons. The van der Waals surface area contributed by atoms with Crippen molar-refractivity contribution in [2.45, 2.75) is 39.3 Å². The van der Waals surface area contributed by atoms with Gasteiger partial charge in [-0.1, -0.05) is 27.2 Å².